The molecule has 7 nitrogen and oxygen atoms in total. The van der Waals surface area contributed by atoms with E-state index in [9.17, 15) is 18.8 Å². The zero-order valence-electron chi connectivity index (χ0n) is 17.2. The summed E-state index contributed by atoms with van der Waals surface area (Å²) in [4.78, 5) is 4.30. The molecule has 1 aliphatic rings. The second-order valence-corrected chi connectivity index (χ2v) is 11.1. The smallest absolute Gasteiger partial charge is 0.238 e. The molecule has 2 heterocycles. The number of benzene rings is 1. The number of hydrogen-bond donors (Lipinski definition) is 2. The Labute approximate surface area is 176 Å². The number of phenolic OH excluding ortho intramolecular Hbond substituents is 1. The molecule has 0 spiro atoms. The fourth-order valence-electron chi connectivity index (χ4n) is 3.61. The summed E-state index contributed by atoms with van der Waals surface area (Å²) in [5.41, 5.74) is 2.83. The van der Waals surface area contributed by atoms with Crippen molar-refractivity contribution in [1.29, 1.82) is 5.26 Å². The summed E-state index contributed by atoms with van der Waals surface area (Å²) in [6.45, 7) is 4.86. The van der Waals surface area contributed by atoms with Crippen molar-refractivity contribution in [3.63, 3.8) is 0 Å². The molecule has 1 saturated carbocycles. The molecule has 1 aliphatic carbocycles. The predicted octanol–water partition coefficient (Wildman–Crippen LogP) is 4.55. The second-order valence-electron chi connectivity index (χ2n) is 8.64. The lowest BCUT2D eigenvalue weighted by molar-refractivity contribution is 0.324. The first kappa shape index (κ1) is 20.2. The second kappa shape index (κ2) is 7.03. The number of aromatic nitrogens is 2. The molecule has 2 aromatic heterocycles. The number of sulfonamides is 1. The number of nitrogens with one attached hydrogen (secondary N) is 1. The van der Waals surface area contributed by atoms with Crippen LogP contribution < -0.4 is 4.72 Å². The van der Waals surface area contributed by atoms with E-state index in [0.29, 0.717) is 5.56 Å². The number of anilines is 1. The Morgan fingerprint density at radius 3 is 2.50 bits per heavy atom. The third kappa shape index (κ3) is 3.29. The average Bonchev–Trinajstić information content (AvgIpc) is 2.93. The predicted molar refractivity (Wildman–Crippen MR) is 117 cm³/mol. The number of phenols is 1. The van der Waals surface area contributed by atoms with Crippen LogP contribution in [0.2, 0.25) is 0 Å². The van der Waals surface area contributed by atoms with Crippen molar-refractivity contribution in [2.45, 2.75) is 50.8 Å². The van der Waals surface area contributed by atoms with E-state index in [1.165, 1.54) is 0 Å². The van der Waals surface area contributed by atoms with Crippen LogP contribution in [0, 0.1) is 11.3 Å². The molecule has 156 valence electrons. The molecule has 4 rings (SSSR count). The zero-order valence-corrected chi connectivity index (χ0v) is 18.0. The van der Waals surface area contributed by atoms with Crippen LogP contribution in [0.3, 0.4) is 0 Å². The minimum Gasteiger partial charge on any atom is -0.508 e. The van der Waals surface area contributed by atoms with Crippen molar-refractivity contribution in [1.82, 2.24) is 9.55 Å². The van der Waals surface area contributed by atoms with Crippen LogP contribution in [0.4, 0.5) is 5.82 Å². The summed E-state index contributed by atoms with van der Waals surface area (Å²) in [6, 6.07) is 11.0. The van der Waals surface area contributed by atoms with Crippen LogP contribution >= 0.6 is 0 Å². The highest BCUT2D eigenvalue weighted by molar-refractivity contribution is 7.94. The van der Waals surface area contributed by atoms with Gasteiger partial charge in [-0.1, -0.05) is 0 Å². The normalized spacial score (nSPS) is 15.0. The highest BCUT2D eigenvalue weighted by Crippen LogP contribution is 2.43. The van der Waals surface area contributed by atoms with Gasteiger partial charge in [0.2, 0.25) is 10.0 Å². The molecule has 3 aromatic rings. The van der Waals surface area contributed by atoms with E-state index in [-0.39, 0.29) is 17.6 Å². The van der Waals surface area contributed by atoms with Crippen LogP contribution in [-0.2, 0) is 10.0 Å². The quantitative estimate of drug-likeness (QED) is 0.639. The first-order chi connectivity index (χ1) is 14.1. The van der Waals surface area contributed by atoms with Gasteiger partial charge in [-0.3, -0.25) is 4.72 Å². The van der Waals surface area contributed by atoms with Crippen molar-refractivity contribution in [2.24, 2.45) is 0 Å². The summed E-state index contributed by atoms with van der Waals surface area (Å²) in [7, 11) is -3.58. The minimum atomic E-state index is -3.58. The molecular formula is C22H24N4O3S. The van der Waals surface area contributed by atoms with E-state index in [2.05, 4.69) is 20.3 Å². The maximum atomic E-state index is 12.4. The summed E-state index contributed by atoms with van der Waals surface area (Å²) in [5.74, 6) is 0.387. The number of pyridine rings is 1. The molecule has 0 atom stereocenters. The summed E-state index contributed by atoms with van der Waals surface area (Å²) >= 11 is 0. The fraction of sp³-hybridized carbons (Fsp3) is 0.364. The maximum Gasteiger partial charge on any atom is 0.238 e. The zero-order chi connectivity index (χ0) is 21.7. The number of aromatic hydroxyl groups is 1. The third-order valence-corrected chi connectivity index (χ3v) is 7.71. The Kier molecular flexibility index (Phi) is 4.74. The minimum absolute atomic E-state index is 0.154. The van der Waals surface area contributed by atoms with Crippen molar-refractivity contribution in [2.75, 3.05) is 4.72 Å². The number of nitrogens with zero attached hydrogens (tertiary/aromatic N) is 3. The van der Waals surface area contributed by atoms with Crippen molar-refractivity contribution in [3.8, 4) is 23.1 Å². The van der Waals surface area contributed by atoms with E-state index in [1.807, 2.05) is 0 Å². The first-order valence-corrected chi connectivity index (χ1v) is 11.4. The molecule has 0 bridgehead atoms. The monoisotopic (exact) mass is 424 g/mol. The number of nitriles is 1. The van der Waals surface area contributed by atoms with Crippen molar-refractivity contribution < 1.29 is 13.5 Å². The Bertz CT molecular complexity index is 1260. The Balaban J connectivity index is 1.83. The van der Waals surface area contributed by atoms with Gasteiger partial charge >= 0.3 is 0 Å². The lowest BCUT2D eigenvalue weighted by atomic mass is 9.92. The largest absolute Gasteiger partial charge is 0.508 e. The van der Waals surface area contributed by atoms with E-state index in [0.717, 1.165) is 41.4 Å². The van der Waals surface area contributed by atoms with Gasteiger partial charge in [0, 0.05) is 29.3 Å². The van der Waals surface area contributed by atoms with Gasteiger partial charge in [-0.05, 0) is 64.3 Å². The highest BCUT2D eigenvalue weighted by atomic mass is 32.2. The third-order valence-electron chi connectivity index (χ3n) is 5.62. The summed E-state index contributed by atoms with van der Waals surface area (Å²) < 4.78 is 28.5. The summed E-state index contributed by atoms with van der Waals surface area (Å²) in [5, 5.41) is 20.7. The molecule has 1 aromatic carbocycles. The van der Waals surface area contributed by atoms with E-state index in [1.54, 1.807) is 57.3 Å². The van der Waals surface area contributed by atoms with E-state index < -0.39 is 14.8 Å². The van der Waals surface area contributed by atoms with Gasteiger partial charge in [-0.25, -0.2) is 13.4 Å². The van der Waals surface area contributed by atoms with Gasteiger partial charge in [-0.15, -0.1) is 0 Å². The number of fused-ring (bicyclic) bond motifs is 1. The molecule has 0 saturated heterocycles. The van der Waals surface area contributed by atoms with Crippen LogP contribution in [0.5, 0.6) is 5.75 Å². The van der Waals surface area contributed by atoms with Crippen molar-refractivity contribution in [3.05, 3.63) is 42.1 Å². The number of hydrogen-bond acceptors (Lipinski definition) is 5. The Morgan fingerprint density at radius 2 is 1.97 bits per heavy atom. The van der Waals surface area contributed by atoms with E-state index in [4.69, 9.17) is 0 Å². The van der Waals surface area contributed by atoms with Crippen LogP contribution in [0.15, 0.2) is 36.5 Å². The van der Waals surface area contributed by atoms with Crippen molar-refractivity contribution >= 4 is 26.7 Å². The average molecular weight is 425 g/mol. The molecule has 0 amide bonds. The SMILES string of the molecule is CC(C)(C)S(=O)(=O)Nc1ccc(-c2c(C#N)c3ccc(O)cc3n2C2CCC2)cn1. The van der Waals surface area contributed by atoms with Gasteiger partial charge in [-0.2, -0.15) is 5.26 Å². The molecule has 8 heteroatoms. The lowest BCUT2D eigenvalue weighted by Crippen LogP contribution is -2.33. The molecule has 0 radical (unpaired) electrons. The van der Waals surface area contributed by atoms with Gasteiger partial charge < -0.3 is 9.67 Å². The molecule has 1 fully saturated rings. The molecule has 0 unspecified atom stereocenters. The lowest BCUT2D eigenvalue weighted by Gasteiger charge is -2.30. The maximum absolute atomic E-state index is 12.4. The molecule has 0 aliphatic heterocycles. The standard InChI is InChI=1S/C22H24N4O3S/c1-22(2,3)30(28,29)25-20-10-7-14(13-24-20)21-18(12-23)17-9-8-16(27)11-19(17)26(21)15-5-4-6-15/h7-11,13,15,27H,4-6H2,1-3H3,(H,24,25). The van der Waals surface area contributed by atoms with Crippen LogP contribution in [0.25, 0.3) is 22.2 Å². The Morgan fingerprint density at radius 1 is 1.23 bits per heavy atom. The molecule has 2 N–H and O–H groups in total. The van der Waals surface area contributed by atoms with Gasteiger partial charge in [0.15, 0.2) is 0 Å². The first-order valence-electron chi connectivity index (χ1n) is 9.88. The molecular weight excluding hydrogens is 400 g/mol. The van der Waals surface area contributed by atoms with Gasteiger partial charge in [0.05, 0.1) is 21.5 Å². The van der Waals surface area contributed by atoms with Crippen LogP contribution in [-0.4, -0.2) is 27.8 Å². The Hall–Kier alpha value is -3.05. The number of rotatable bonds is 4. The summed E-state index contributed by atoms with van der Waals surface area (Å²) in [6.07, 6.45) is 4.73. The molecule has 30 heavy (non-hydrogen) atoms. The van der Waals surface area contributed by atoms with Crippen LogP contribution in [0.1, 0.15) is 51.6 Å². The van der Waals surface area contributed by atoms with Gasteiger partial charge in [0.1, 0.15) is 17.6 Å². The van der Waals surface area contributed by atoms with Gasteiger partial charge in [0.25, 0.3) is 0 Å². The highest BCUT2D eigenvalue weighted by Gasteiger charge is 2.30. The van der Waals surface area contributed by atoms with E-state index >= 15 is 0 Å². The fourth-order valence-corrected chi connectivity index (χ4v) is 4.31. The topological polar surface area (TPSA) is 108 Å².